The number of hydrogen-bond donors (Lipinski definition) is 1. The van der Waals surface area contributed by atoms with Gasteiger partial charge in [-0.1, -0.05) is 26.0 Å². The minimum atomic E-state index is -3.20. The van der Waals surface area contributed by atoms with Crippen molar-refractivity contribution >= 4 is 15.7 Å². The van der Waals surface area contributed by atoms with Gasteiger partial charge in [-0.05, 0) is 29.5 Å². The molecule has 1 heterocycles. The lowest BCUT2D eigenvalue weighted by molar-refractivity contribution is 0.375. The summed E-state index contributed by atoms with van der Waals surface area (Å²) in [5.74, 6) is 0.0589. The van der Waals surface area contributed by atoms with E-state index in [0.29, 0.717) is 18.8 Å². The molecule has 0 unspecified atom stereocenters. The van der Waals surface area contributed by atoms with E-state index in [0.717, 1.165) is 12.0 Å². The Morgan fingerprint density at radius 3 is 2.39 bits per heavy atom. The number of nitrogens with two attached hydrogens (primary N) is 1. The Kier molecular flexibility index (Phi) is 3.38. The molecule has 5 heteroatoms. The lowest BCUT2D eigenvalue weighted by atomic mass is 9.93. The molecule has 0 radical (unpaired) electrons. The molecule has 1 aliphatic rings. The van der Waals surface area contributed by atoms with E-state index < -0.39 is 10.0 Å². The largest absolute Gasteiger partial charge is 0.399 e. The van der Waals surface area contributed by atoms with Crippen LogP contribution in [-0.2, 0) is 15.8 Å². The molecule has 2 rings (SSSR count). The molecule has 0 aromatic heterocycles. The van der Waals surface area contributed by atoms with Gasteiger partial charge in [0.15, 0.2) is 0 Å². The Hall–Kier alpha value is -1.07. The van der Waals surface area contributed by atoms with Crippen molar-refractivity contribution in [3.63, 3.8) is 0 Å². The van der Waals surface area contributed by atoms with Crippen molar-refractivity contribution in [1.29, 1.82) is 0 Å². The summed E-state index contributed by atoms with van der Waals surface area (Å²) in [6, 6.07) is 7.01. The lowest BCUT2D eigenvalue weighted by Gasteiger charge is -2.19. The molecule has 1 saturated heterocycles. The minimum Gasteiger partial charge on any atom is -0.399 e. The fourth-order valence-corrected chi connectivity index (χ4v) is 3.93. The number of hydrogen-bond acceptors (Lipinski definition) is 3. The van der Waals surface area contributed by atoms with Crippen molar-refractivity contribution in [2.45, 2.75) is 26.0 Å². The number of sulfonamides is 1. The summed E-state index contributed by atoms with van der Waals surface area (Å²) in [6.07, 6.45) is 0.925. The maximum absolute atomic E-state index is 12.3. The molecular weight excluding hydrogens is 248 g/mol. The van der Waals surface area contributed by atoms with Crippen LogP contribution in [0.2, 0.25) is 0 Å². The smallest absolute Gasteiger partial charge is 0.218 e. The van der Waals surface area contributed by atoms with Crippen molar-refractivity contribution in [2.24, 2.45) is 5.41 Å². The average molecular weight is 268 g/mol. The van der Waals surface area contributed by atoms with Crippen LogP contribution in [0.5, 0.6) is 0 Å². The summed E-state index contributed by atoms with van der Waals surface area (Å²) in [5.41, 5.74) is 7.12. The predicted octanol–water partition coefficient (Wildman–Crippen LogP) is 1.83. The first kappa shape index (κ1) is 13.4. The third-order valence-electron chi connectivity index (χ3n) is 3.36. The first-order valence-corrected chi connectivity index (χ1v) is 7.72. The van der Waals surface area contributed by atoms with Crippen molar-refractivity contribution < 1.29 is 8.42 Å². The van der Waals surface area contributed by atoms with Crippen LogP contribution in [-0.4, -0.2) is 25.8 Å². The summed E-state index contributed by atoms with van der Waals surface area (Å²) in [4.78, 5) is 0. The van der Waals surface area contributed by atoms with E-state index in [1.54, 1.807) is 28.6 Å². The van der Waals surface area contributed by atoms with Crippen LogP contribution in [0.15, 0.2) is 24.3 Å². The molecular formula is C13H20N2O2S. The lowest BCUT2D eigenvalue weighted by Crippen LogP contribution is -2.31. The number of rotatable bonds is 3. The standard InChI is InChI=1S/C13H20N2O2S/c1-13(2)7-8-15(10-13)18(16,17)9-11-3-5-12(14)6-4-11/h3-6H,7-10,14H2,1-2H3. The summed E-state index contributed by atoms with van der Waals surface area (Å²) in [7, 11) is -3.20. The van der Waals surface area contributed by atoms with Gasteiger partial charge in [0.1, 0.15) is 0 Å². The van der Waals surface area contributed by atoms with E-state index in [2.05, 4.69) is 13.8 Å². The molecule has 0 spiro atoms. The number of nitrogen functional groups attached to an aromatic ring is 1. The number of nitrogens with zero attached hydrogens (tertiary/aromatic N) is 1. The van der Waals surface area contributed by atoms with Crippen LogP contribution in [0.25, 0.3) is 0 Å². The Labute approximate surface area is 109 Å². The summed E-state index contributed by atoms with van der Waals surface area (Å²) in [6.45, 7) is 5.45. The zero-order chi connectivity index (χ0) is 13.4. The Bertz CT molecular complexity index is 520. The first-order chi connectivity index (χ1) is 8.28. The van der Waals surface area contributed by atoms with Gasteiger partial charge in [-0.2, -0.15) is 0 Å². The van der Waals surface area contributed by atoms with Gasteiger partial charge in [-0.25, -0.2) is 12.7 Å². The third-order valence-corrected chi connectivity index (χ3v) is 5.16. The quantitative estimate of drug-likeness (QED) is 0.851. The molecule has 1 aromatic carbocycles. The minimum absolute atomic E-state index is 0.0589. The number of benzene rings is 1. The van der Waals surface area contributed by atoms with Gasteiger partial charge >= 0.3 is 0 Å². The van der Waals surface area contributed by atoms with Gasteiger partial charge in [-0.15, -0.1) is 0 Å². The van der Waals surface area contributed by atoms with Gasteiger partial charge in [-0.3, -0.25) is 0 Å². The van der Waals surface area contributed by atoms with E-state index in [1.807, 2.05) is 0 Å². The van der Waals surface area contributed by atoms with Crippen molar-refractivity contribution in [3.8, 4) is 0 Å². The van der Waals surface area contributed by atoms with Crippen LogP contribution in [0.3, 0.4) is 0 Å². The molecule has 1 fully saturated rings. The molecule has 0 atom stereocenters. The molecule has 1 aromatic rings. The Balaban J connectivity index is 2.11. The van der Waals surface area contributed by atoms with Crippen LogP contribution in [0.4, 0.5) is 5.69 Å². The van der Waals surface area contributed by atoms with Crippen molar-refractivity contribution in [3.05, 3.63) is 29.8 Å². The highest BCUT2D eigenvalue weighted by Crippen LogP contribution is 2.31. The molecule has 4 nitrogen and oxygen atoms in total. The molecule has 0 bridgehead atoms. The van der Waals surface area contributed by atoms with Crippen molar-refractivity contribution in [2.75, 3.05) is 18.8 Å². The van der Waals surface area contributed by atoms with Crippen molar-refractivity contribution in [1.82, 2.24) is 4.31 Å². The van der Waals surface area contributed by atoms with E-state index in [4.69, 9.17) is 5.73 Å². The zero-order valence-corrected chi connectivity index (χ0v) is 11.7. The fourth-order valence-electron chi connectivity index (χ4n) is 2.22. The fraction of sp³-hybridized carbons (Fsp3) is 0.538. The van der Waals surface area contributed by atoms with Gasteiger partial charge < -0.3 is 5.73 Å². The van der Waals surface area contributed by atoms with E-state index in [9.17, 15) is 8.42 Å². The van der Waals surface area contributed by atoms with E-state index >= 15 is 0 Å². The summed E-state index contributed by atoms with van der Waals surface area (Å²) in [5, 5.41) is 0. The molecule has 0 aliphatic carbocycles. The molecule has 100 valence electrons. The van der Waals surface area contributed by atoms with E-state index in [-0.39, 0.29) is 11.2 Å². The maximum atomic E-state index is 12.3. The molecule has 2 N–H and O–H groups in total. The third kappa shape index (κ3) is 3.03. The monoisotopic (exact) mass is 268 g/mol. The van der Waals surface area contributed by atoms with Crippen LogP contribution in [0, 0.1) is 5.41 Å². The second-order valence-electron chi connectivity index (χ2n) is 5.75. The van der Waals surface area contributed by atoms with Gasteiger partial charge in [0, 0.05) is 18.8 Å². The second kappa shape index (κ2) is 4.55. The highest BCUT2D eigenvalue weighted by molar-refractivity contribution is 7.88. The van der Waals surface area contributed by atoms with Gasteiger partial charge in [0.2, 0.25) is 10.0 Å². The van der Waals surface area contributed by atoms with Crippen LogP contribution in [0.1, 0.15) is 25.8 Å². The first-order valence-electron chi connectivity index (χ1n) is 6.11. The highest BCUT2D eigenvalue weighted by atomic mass is 32.2. The normalized spacial score (nSPS) is 20.1. The zero-order valence-electron chi connectivity index (χ0n) is 10.9. The second-order valence-corrected chi connectivity index (χ2v) is 7.71. The van der Waals surface area contributed by atoms with Crippen LogP contribution < -0.4 is 5.73 Å². The van der Waals surface area contributed by atoms with Gasteiger partial charge in [0.05, 0.1) is 5.75 Å². The molecule has 0 amide bonds. The molecule has 18 heavy (non-hydrogen) atoms. The SMILES string of the molecule is CC1(C)CCN(S(=O)(=O)Cc2ccc(N)cc2)C1. The average Bonchev–Trinajstić information content (AvgIpc) is 2.63. The maximum Gasteiger partial charge on any atom is 0.218 e. The van der Waals surface area contributed by atoms with Crippen LogP contribution >= 0.6 is 0 Å². The molecule has 1 aliphatic heterocycles. The predicted molar refractivity (Wildman–Crippen MR) is 73.4 cm³/mol. The summed E-state index contributed by atoms with van der Waals surface area (Å²) < 4.78 is 26.1. The van der Waals surface area contributed by atoms with E-state index in [1.165, 1.54) is 0 Å². The Morgan fingerprint density at radius 1 is 1.28 bits per heavy atom. The Morgan fingerprint density at radius 2 is 1.89 bits per heavy atom. The number of anilines is 1. The summed E-state index contributed by atoms with van der Waals surface area (Å²) >= 11 is 0. The van der Waals surface area contributed by atoms with Gasteiger partial charge in [0.25, 0.3) is 0 Å². The molecule has 0 saturated carbocycles. The highest BCUT2D eigenvalue weighted by Gasteiger charge is 2.35. The topological polar surface area (TPSA) is 63.4 Å².